The minimum Gasteiger partial charge on any atom is -0.356 e. The van der Waals surface area contributed by atoms with Crippen LogP contribution in [0.4, 0.5) is 0 Å². The second-order valence-electron chi connectivity index (χ2n) is 1.45. The Morgan fingerprint density at radius 2 is 2.00 bits per heavy atom. The van der Waals surface area contributed by atoms with Crippen LogP contribution in [0.2, 0.25) is 0 Å². The fourth-order valence-corrected chi connectivity index (χ4v) is 0.326. The summed E-state index contributed by atoms with van der Waals surface area (Å²) in [5, 5.41) is 14.8. The summed E-state index contributed by atoms with van der Waals surface area (Å²) in [6.07, 6.45) is 5.39. The van der Waals surface area contributed by atoms with Crippen molar-refractivity contribution in [2.45, 2.75) is 0 Å². The average molecular weight is 167 g/mol. The van der Waals surface area contributed by atoms with Gasteiger partial charge >= 0.3 is 29.6 Å². The topological polar surface area (TPSA) is 84.0 Å². The molecule has 7 heteroatoms. The summed E-state index contributed by atoms with van der Waals surface area (Å²) in [5.74, 6) is 0. The normalized spacial score (nSPS) is 7.00. The molecule has 1 rings (SSSR count). The van der Waals surface area contributed by atoms with Gasteiger partial charge in [0.05, 0.1) is 11.4 Å². The van der Waals surface area contributed by atoms with E-state index in [1.54, 1.807) is 12.5 Å². The smallest absolute Gasteiger partial charge is 0.356 e. The Balaban J connectivity index is 0. The van der Waals surface area contributed by atoms with Crippen LogP contribution in [0, 0.1) is 15.3 Å². The fraction of sp³-hybridized carbons (Fsp3) is 0.250. The molecule has 0 atom stereocenters. The van der Waals surface area contributed by atoms with E-state index in [0.29, 0.717) is 0 Å². The van der Waals surface area contributed by atoms with E-state index in [4.69, 9.17) is 15.3 Å². The average Bonchev–Trinajstić information content (AvgIpc) is 2.15. The number of rotatable bonds is 0. The summed E-state index contributed by atoms with van der Waals surface area (Å²) in [4.78, 5) is 12.0. The SMILES string of the molecule is Cn1ccnc1.O=[N+]([O-])[O-].[Na+]. The molecule has 0 aliphatic heterocycles. The van der Waals surface area contributed by atoms with Gasteiger partial charge in [0.1, 0.15) is 0 Å². The van der Waals surface area contributed by atoms with E-state index in [1.807, 2.05) is 17.8 Å². The van der Waals surface area contributed by atoms with Crippen molar-refractivity contribution in [1.29, 1.82) is 0 Å². The van der Waals surface area contributed by atoms with Crippen LogP contribution in [0.25, 0.3) is 0 Å². The first-order valence-corrected chi connectivity index (χ1v) is 2.36. The van der Waals surface area contributed by atoms with Crippen LogP contribution in [0.15, 0.2) is 18.7 Å². The Kier molecular flexibility index (Phi) is 8.91. The zero-order chi connectivity index (χ0) is 7.98. The van der Waals surface area contributed by atoms with E-state index in [1.165, 1.54) is 0 Å². The predicted molar refractivity (Wildman–Crippen MR) is 33.6 cm³/mol. The minimum absolute atomic E-state index is 0. The first-order chi connectivity index (χ1) is 4.63. The Morgan fingerprint density at radius 3 is 2.09 bits per heavy atom. The zero-order valence-electron chi connectivity index (χ0n) is 6.30. The van der Waals surface area contributed by atoms with Gasteiger partial charge in [-0.15, -0.1) is 0 Å². The first kappa shape index (κ1) is 13.0. The molecule has 0 saturated carbocycles. The molecular weight excluding hydrogens is 161 g/mol. The van der Waals surface area contributed by atoms with Crippen molar-refractivity contribution in [3.8, 4) is 0 Å². The van der Waals surface area contributed by atoms with E-state index >= 15 is 0 Å². The van der Waals surface area contributed by atoms with Gasteiger partial charge in [0.15, 0.2) is 0 Å². The van der Waals surface area contributed by atoms with Gasteiger partial charge in [-0.1, -0.05) is 0 Å². The third-order valence-electron chi connectivity index (χ3n) is 0.637. The van der Waals surface area contributed by atoms with Crippen molar-refractivity contribution in [2.24, 2.45) is 7.05 Å². The third-order valence-corrected chi connectivity index (χ3v) is 0.637. The number of aryl methyl sites for hydroxylation is 1. The number of hydrogen-bond donors (Lipinski definition) is 0. The van der Waals surface area contributed by atoms with Gasteiger partial charge in [0.2, 0.25) is 0 Å². The molecule has 0 aromatic carbocycles. The molecule has 1 heterocycles. The van der Waals surface area contributed by atoms with E-state index in [0.717, 1.165) is 0 Å². The zero-order valence-corrected chi connectivity index (χ0v) is 8.30. The van der Waals surface area contributed by atoms with E-state index in [-0.39, 0.29) is 29.6 Å². The van der Waals surface area contributed by atoms with Crippen molar-refractivity contribution >= 4 is 0 Å². The van der Waals surface area contributed by atoms with Crippen LogP contribution >= 0.6 is 0 Å². The first-order valence-electron chi connectivity index (χ1n) is 2.36. The van der Waals surface area contributed by atoms with Gasteiger partial charge in [-0.3, -0.25) is 0 Å². The quantitative estimate of drug-likeness (QED) is 0.237. The summed E-state index contributed by atoms with van der Waals surface area (Å²) in [6.45, 7) is 0. The van der Waals surface area contributed by atoms with Crippen LogP contribution in [0.1, 0.15) is 0 Å². The fourth-order valence-electron chi connectivity index (χ4n) is 0.326. The summed E-state index contributed by atoms with van der Waals surface area (Å²) < 4.78 is 1.89. The molecule has 56 valence electrons. The number of aromatic nitrogens is 2. The number of imidazole rings is 1. The van der Waals surface area contributed by atoms with Crippen LogP contribution in [0.3, 0.4) is 0 Å². The molecule has 1 aromatic heterocycles. The molecule has 0 unspecified atom stereocenters. The molecule has 0 aliphatic carbocycles. The molecule has 6 nitrogen and oxygen atoms in total. The minimum atomic E-state index is -1.75. The Morgan fingerprint density at radius 1 is 1.55 bits per heavy atom. The number of hydrogen-bond acceptors (Lipinski definition) is 4. The maximum Gasteiger partial charge on any atom is 1.00 e. The van der Waals surface area contributed by atoms with E-state index in [2.05, 4.69) is 4.98 Å². The third kappa shape index (κ3) is 12.6. The van der Waals surface area contributed by atoms with E-state index < -0.39 is 5.09 Å². The second-order valence-corrected chi connectivity index (χ2v) is 1.45. The Bertz CT molecular complexity index is 184. The molecule has 0 saturated heterocycles. The predicted octanol–water partition coefficient (Wildman–Crippen LogP) is -2.81. The molecule has 0 amide bonds. The Labute approximate surface area is 85.3 Å². The summed E-state index contributed by atoms with van der Waals surface area (Å²) in [5.41, 5.74) is 0. The monoisotopic (exact) mass is 167 g/mol. The molecule has 0 N–H and O–H groups in total. The largest absolute Gasteiger partial charge is 1.00 e. The standard InChI is InChI=1S/C4H6N2.NO3.Na/c1-6-3-2-5-4-6;2-1(3)4;/h2-4H,1H3;;/q;-1;+1. The molecule has 0 fully saturated rings. The van der Waals surface area contributed by atoms with Crippen molar-refractivity contribution in [1.82, 2.24) is 9.55 Å². The van der Waals surface area contributed by atoms with Gasteiger partial charge in [-0.2, -0.15) is 0 Å². The second kappa shape index (κ2) is 7.52. The molecule has 0 spiro atoms. The van der Waals surface area contributed by atoms with Crippen molar-refractivity contribution in [3.63, 3.8) is 0 Å². The van der Waals surface area contributed by atoms with Gasteiger partial charge in [0.25, 0.3) is 0 Å². The van der Waals surface area contributed by atoms with Crippen LogP contribution in [0.5, 0.6) is 0 Å². The maximum absolute atomic E-state index is 8.25. The molecular formula is C4H6N3NaO3. The molecule has 11 heavy (non-hydrogen) atoms. The van der Waals surface area contributed by atoms with Crippen LogP contribution in [-0.2, 0) is 7.05 Å². The van der Waals surface area contributed by atoms with Crippen LogP contribution < -0.4 is 29.6 Å². The summed E-state index contributed by atoms with van der Waals surface area (Å²) in [6, 6.07) is 0. The van der Waals surface area contributed by atoms with Gasteiger partial charge < -0.3 is 19.9 Å². The van der Waals surface area contributed by atoms with E-state index in [9.17, 15) is 0 Å². The maximum atomic E-state index is 8.25. The van der Waals surface area contributed by atoms with Crippen LogP contribution in [-0.4, -0.2) is 14.6 Å². The summed E-state index contributed by atoms with van der Waals surface area (Å²) in [7, 11) is 1.94. The Hall–Kier alpha value is -0.590. The molecule has 0 aliphatic rings. The van der Waals surface area contributed by atoms with Crippen molar-refractivity contribution in [3.05, 3.63) is 34.0 Å². The number of nitrogens with zero attached hydrogens (tertiary/aromatic N) is 3. The van der Waals surface area contributed by atoms with Crippen molar-refractivity contribution in [2.75, 3.05) is 0 Å². The summed E-state index contributed by atoms with van der Waals surface area (Å²) >= 11 is 0. The van der Waals surface area contributed by atoms with Gasteiger partial charge in [-0.25, -0.2) is 4.98 Å². The van der Waals surface area contributed by atoms with Gasteiger partial charge in [0, 0.05) is 19.4 Å². The molecule has 1 aromatic rings. The molecule has 0 radical (unpaired) electrons. The van der Waals surface area contributed by atoms with Crippen molar-refractivity contribution < 1.29 is 34.6 Å². The van der Waals surface area contributed by atoms with Gasteiger partial charge in [-0.05, 0) is 0 Å². The molecule has 0 bridgehead atoms.